The van der Waals surface area contributed by atoms with Crippen LogP contribution in [0, 0.1) is 0 Å². The van der Waals surface area contributed by atoms with Gasteiger partial charge < -0.3 is 29.5 Å². The molecule has 6 nitrogen and oxygen atoms in total. The molecule has 0 aromatic heterocycles. The van der Waals surface area contributed by atoms with Gasteiger partial charge >= 0.3 is 0 Å². The fourth-order valence-electron chi connectivity index (χ4n) is 0. The lowest BCUT2D eigenvalue weighted by molar-refractivity contribution is -0.597. The molecule has 0 aromatic rings. The molecule has 0 saturated heterocycles. The minimum Gasteiger partial charge on any atom is -0.790 e. The predicted molar refractivity (Wildman–Crippen MR) is 42.2 cm³/mol. The molecule has 0 radical (unpaired) electrons. The van der Waals surface area contributed by atoms with E-state index in [1.165, 1.54) is 0 Å². The molecule has 0 aromatic carbocycles. The summed E-state index contributed by atoms with van der Waals surface area (Å²) in [4.78, 5) is 18.5. The van der Waals surface area contributed by atoms with Crippen molar-refractivity contribution in [2.75, 3.05) is 35.3 Å². The van der Waals surface area contributed by atoms with Crippen LogP contribution in [0.1, 0.15) is 0 Å². The van der Waals surface area contributed by atoms with Crippen molar-refractivity contribution in [3.8, 4) is 0 Å². The SMILES string of the molecule is COP(=O)([O-])[O-].C[NH2+]C.C[NH2+]C. The summed E-state index contributed by atoms with van der Waals surface area (Å²) in [6.45, 7) is 0. The van der Waals surface area contributed by atoms with Crippen molar-refractivity contribution < 1.29 is 29.5 Å². The van der Waals surface area contributed by atoms with Crippen LogP contribution in [-0.4, -0.2) is 35.3 Å². The van der Waals surface area contributed by atoms with E-state index in [1.54, 1.807) is 0 Å². The van der Waals surface area contributed by atoms with E-state index in [4.69, 9.17) is 0 Å². The fourth-order valence-corrected chi connectivity index (χ4v) is 0. The van der Waals surface area contributed by atoms with Crippen LogP contribution >= 0.6 is 7.82 Å². The maximum Gasteiger partial charge on any atom is 0.0647 e. The summed E-state index contributed by atoms with van der Waals surface area (Å²) in [7, 11) is 4.17. The molecule has 0 unspecified atom stereocenters. The Morgan fingerprint density at radius 1 is 1.08 bits per heavy atom. The number of hydrogen-bond donors (Lipinski definition) is 2. The van der Waals surface area contributed by atoms with E-state index in [1.807, 2.05) is 38.8 Å². The predicted octanol–water partition coefficient (Wildman–Crippen LogP) is -3.92. The number of nitrogens with two attached hydrogens (primary N) is 2. The molecule has 0 aliphatic carbocycles. The highest BCUT2D eigenvalue weighted by Gasteiger charge is 1.75. The number of phosphoric acid groups is 1. The Kier molecular flexibility index (Phi) is 20.4. The van der Waals surface area contributed by atoms with Gasteiger partial charge in [0.05, 0.1) is 36.0 Å². The second-order valence-electron chi connectivity index (χ2n) is 1.78. The van der Waals surface area contributed by atoms with E-state index in [2.05, 4.69) is 4.52 Å². The minimum absolute atomic E-state index is 0.820. The summed E-state index contributed by atoms with van der Waals surface area (Å²) < 4.78 is 12.6. The number of hydrogen-bond acceptors (Lipinski definition) is 4. The van der Waals surface area contributed by atoms with E-state index >= 15 is 0 Å². The Labute approximate surface area is 73.6 Å². The molecular formula is C5H19N2O4P. The van der Waals surface area contributed by atoms with E-state index in [-0.39, 0.29) is 0 Å². The first kappa shape index (κ1) is 17.9. The van der Waals surface area contributed by atoms with E-state index in [0.717, 1.165) is 7.11 Å². The monoisotopic (exact) mass is 202 g/mol. The van der Waals surface area contributed by atoms with Gasteiger partial charge in [-0.3, -0.25) is 0 Å². The second kappa shape index (κ2) is 13.6. The number of phosphoric ester groups is 1. The van der Waals surface area contributed by atoms with Crippen molar-refractivity contribution in [2.24, 2.45) is 0 Å². The van der Waals surface area contributed by atoms with Gasteiger partial charge in [-0.25, -0.2) is 0 Å². The van der Waals surface area contributed by atoms with Crippen molar-refractivity contribution in [1.29, 1.82) is 0 Å². The molecule has 0 atom stereocenters. The Balaban J connectivity index is -0.000000115. The Hall–Kier alpha value is 0.0300. The van der Waals surface area contributed by atoms with Gasteiger partial charge in [0.25, 0.3) is 0 Å². The average Bonchev–Trinajstić information content (AvgIpc) is 1.90. The molecule has 0 heterocycles. The van der Waals surface area contributed by atoms with Gasteiger partial charge in [0.1, 0.15) is 0 Å². The van der Waals surface area contributed by atoms with E-state index in [0.29, 0.717) is 0 Å². The quantitative estimate of drug-likeness (QED) is 0.424. The molecule has 12 heavy (non-hydrogen) atoms. The third-order valence-corrected chi connectivity index (χ3v) is 0.671. The lowest BCUT2D eigenvalue weighted by Gasteiger charge is -2.25. The normalized spacial score (nSPS) is 8.92. The molecular weight excluding hydrogens is 183 g/mol. The van der Waals surface area contributed by atoms with E-state index < -0.39 is 7.82 Å². The second-order valence-corrected chi connectivity index (χ2v) is 3.04. The van der Waals surface area contributed by atoms with Crippen LogP contribution in [0.5, 0.6) is 0 Å². The summed E-state index contributed by atoms with van der Waals surface area (Å²) >= 11 is 0. The molecule has 0 fully saturated rings. The van der Waals surface area contributed by atoms with Crippen molar-refractivity contribution in [2.45, 2.75) is 0 Å². The van der Waals surface area contributed by atoms with Gasteiger partial charge in [-0.15, -0.1) is 0 Å². The Morgan fingerprint density at radius 3 is 1.17 bits per heavy atom. The maximum absolute atomic E-state index is 9.25. The smallest absolute Gasteiger partial charge is 0.0647 e. The molecule has 78 valence electrons. The first-order chi connectivity index (χ1) is 5.39. The molecule has 0 spiro atoms. The molecule has 0 aliphatic heterocycles. The van der Waals surface area contributed by atoms with Gasteiger partial charge in [-0.05, 0) is 0 Å². The van der Waals surface area contributed by atoms with E-state index in [9.17, 15) is 14.4 Å². The van der Waals surface area contributed by atoms with Crippen LogP contribution in [0.15, 0.2) is 0 Å². The summed E-state index contributed by atoms with van der Waals surface area (Å²) in [6.07, 6.45) is 0. The van der Waals surface area contributed by atoms with Crippen LogP contribution in [0.25, 0.3) is 0 Å². The topological polar surface area (TPSA) is 106 Å². The summed E-state index contributed by atoms with van der Waals surface area (Å²) in [5.41, 5.74) is 0. The van der Waals surface area contributed by atoms with Crippen molar-refractivity contribution in [3.05, 3.63) is 0 Å². The van der Waals surface area contributed by atoms with Crippen LogP contribution < -0.4 is 20.4 Å². The first-order valence-electron chi connectivity index (χ1n) is 3.45. The van der Waals surface area contributed by atoms with Crippen molar-refractivity contribution in [1.82, 2.24) is 0 Å². The number of quaternary nitrogens is 2. The third kappa shape index (κ3) is 89.1. The largest absolute Gasteiger partial charge is 0.790 e. The van der Waals surface area contributed by atoms with Crippen LogP contribution in [0.2, 0.25) is 0 Å². The van der Waals surface area contributed by atoms with Crippen molar-refractivity contribution in [3.63, 3.8) is 0 Å². The standard InChI is InChI=1S/2C2H7N.CH5O4P/c2*1-3-2;1-5-6(2,3)4/h2*3H,1-2H3;1H3,(H2,2,3,4). The summed E-state index contributed by atoms with van der Waals surface area (Å²) in [5, 5.41) is 4.00. The van der Waals surface area contributed by atoms with Gasteiger partial charge in [0, 0.05) is 7.11 Å². The number of rotatable bonds is 1. The first-order valence-corrected chi connectivity index (χ1v) is 4.91. The van der Waals surface area contributed by atoms with Crippen LogP contribution in [0.3, 0.4) is 0 Å². The molecule has 4 N–H and O–H groups in total. The Morgan fingerprint density at radius 2 is 1.17 bits per heavy atom. The molecule has 0 rings (SSSR count). The summed E-state index contributed by atoms with van der Waals surface area (Å²) in [5.74, 6) is 0. The highest BCUT2D eigenvalue weighted by Crippen LogP contribution is 2.21. The molecule has 7 heteroatoms. The Bertz CT molecular complexity index is 104. The molecule has 0 aliphatic rings. The van der Waals surface area contributed by atoms with Gasteiger partial charge in [0.2, 0.25) is 0 Å². The van der Waals surface area contributed by atoms with Gasteiger partial charge in [0.15, 0.2) is 0 Å². The van der Waals surface area contributed by atoms with Crippen LogP contribution in [0.4, 0.5) is 0 Å². The fraction of sp³-hybridized carbons (Fsp3) is 1.00. The lowest BCUT2D eigenvalue weighted by atomic mass is 11.3. The zero-order valence-corrected chi connectivity index (χ0v) is 9.13. The lowest BCUT2D eigenvalue weighted by Crippen LogP contribution is -2.74. The van der Waals surface area contributed by atoms with Gasteiger partial charge in [-0.1, -0.05) is 0 Å². The molecule has 0 amide bonds. The molecule has 0 saturated carbocycles. The van der Waals surface area contributed by atoms with Gasteiger partial charge in [-0.2, -0.15) is 0 Å². The third-order valence-electron chi connectivity index (χ3n) is 0.224. The average molecular weight is 202 g/mol. The summed E-state index contributed by atoms with van der Waals surface area (Å²) in [6, 6.07) is 0. The zero-order valence-electron chi connectivity index (χ0n) is 8.23. The van der Waals surface area contributed by atoms with Crippen LogP contribution in [-0.2, 0) is 9.09 Å². The maximum atomic E-state index is 9.25. The molecule has 0 bridgehead atoms. The highest BCUT2D eigenvalue weighted by molar-refractivity contribution is 7.43. The van der Waals surface area contributed by atoms with Crippen molar-refractivity contribution >= 4 is 7.82 Å². The minimum atomic E-state index is -4.65. The highest BCUT2D eigenvalue weighted by atomic mass is 31.2. The zero-order chi connectivity index (χ0) is 10.6.